The molecule has 2 aromatic rings. The van der Waals surface area contributed by atoms with Gasteiger partial charge >= 0.3 is 0 Å². The summed E-state index contributed by atoms with van der Waals surface area (Å²) < 4.78 is 10.4. The highest BCUT2D eigenvalue weighted by molar-refractivity contribution is 6.03. The van der Waals surface area contributed by atoms with E-state index in [1.54, 1.807) is 31.5 Å². The summed E-state index contributed by atoms with van der Waals surface area (Å²) in [5.74, 6) is 2.05. The molecule has 0 aliphatic rings. The first-order valence-corrected chi connectivity index (χ1v) is 8.12. The molecule has 2 N–H and O–H groups in total. The SMILES string of the molecule is COc1ccc(OC)c(NC(=O)c2cnc(NCCC(C)C)cn2)c1. The first kappa shape index (κ1) is 18.5. The molecule has 1 aromatic heterocycles. The van der Waals surface area contributed by atoms with Crippen molar-refractivity contribution in [2.45, 2.75) is 20.3 Å². The Morgan fingerprint density at radius 1 is 1.16 bits per heavy atom. The zero-order valence-electron chi connectivity index (χ0n) is 15.0. The van der Waals surface area contributed by atoms with Gasteiger partial charge in [-0.1, -0.05) is 13.8 Å². The third-order valence-corrected chi connectivity index (χ3v) is 3.57. The molecule has 1 heterocycles. The number of amides is 1. The fourth-order valence-electron chi connectivity index (χ4n) is 2.12. The van der Waals surface area contributed by atoms with Crippen molar-refractivity contribution in [2.24, 2.45) is 5.92 Å². The van der Waals surface area contributed by atoms with Gasteiger partial charge in [-0.15, -0.1) is 0 Å². The molecule has 0 aliphatic heterocycles. The standard InChI is InChI=1S/C18H24N4O3/c1-12(2)7-8-19-17-11-20-15(10-21-17)18(23)22-14-9-13(24-3)5-6-16(14)25-4/h5-6,9-12H,7-8H2,1-4H3,(H,19,21)(H,22,23). The van der Waals surface area contributed by atoms with Gasteiger partial charge in [0.15, 0.2) is 0 Å². The molecule has 0 saturated heterocycles. The summed E-state index contributed by atoms with van der Waals surface area (Å²) in [4.78, 5) is 20.8. The van der Waals surface area contributed by atoms with Gasteiger partial charge in [-0.25, -0.2) is 9.97 Å². The maximum atomic E-state index is 12.4. The van der Waals surface area contributed by atoms with Crippen LogP contribution in [-0.4, -0.2) is 36.6 Å². The van der Waals surface area contributed by atoms with E-state index in [4.69, 9.17) is 9.47 Å². The van der Waals surface area contributed by atoms with Crippen molar-refractivity contribution in [3.63, 3.8) is 0 Å². The monoisotopic (exact) mass is 344 g/mol. The lowest BCUT2D eigenvalue weighted by atomic mass is 10.1. The van der Waals surface area contributed by atoms with Gasteiger partial charge in [-0.05, 0) is 24.5 Å². The molecule has 1 amide bonds. The summed E-state index contributed by atoms with van der Waals surface area (Å²) in [6, 6.07) is 5.17. The molecule has 0 fully saturated rings. The Hall–Kier alpha value is -2.83. The van der Waals surface area contributed by atoms with Crippen LogP contribution in [0, 0.1) is 5.92 Å². The molecule has 1 aromatic carbocycles. The average molecular weight is 344 g/mol. The first-order chi connectivity index (χ1) is 12.0. The van der Waals surface area contributed by atoms with Crippen molar-refractivity contribution in [1.82, 2.24) is 9.97 Å². The number of hydrogen-bond acceptors (Lipinski definition) is 6. The number of rotatable bonds is 8. The van der Waals surface area contributed by atoms with E-state index in [1.165, 1.54) is 13.3 Å². The summed E-state index contributed by atoms with van der Waals surface area (Å²) >= 11 is 0. The van der Waals surface area contributed by atoms with Gasteiger partial charge < -0.3 is 20.1 Å². The molecule has 0 atom stereocenters. The second-order valence-corrected chi connectivity index (χ2v) is 5.92. The molecule has 0 radical (unpaired) electrons. The summed E-state index contributed by atoms with van der Waals surface area (Å²) in [5, 5.41) is 5.95. The van der Waals surface area contributed by atoms with E-state index in [-0.39, 0.29) is 11.6 Å². The van der Waals surface area contributed by atoms with Crippen molar-refractivity contribution >= 4 is 17.4 Å². The third-order valence-electron chi connectivity index (χ3n) is 3.57. The summed E-state index contributed by atoms with van der Waals surface area (Å²) in [7, 11) is 3.10. The Morgan fingerprint density at radius 2 is 1.96 bits per heavy atom. The number of benzene rings is 1. The van der Waals surface area contributed by atoms with E-state index in [0.29, 0.717) is 28.9 Å². The largest absolute Gasteiger partial charge is 0.497 e. The molecule has 7 nitrogen and oxygen atoms in total. The highest BCUT2D eigenvalue weighted by Crippen LogP contribution is 2.29. The van der Waals surface area contributed by atoms with Gasteiger partial charge in [0.05, 0.1) is 32.3 Å². The predicted octanol–water partition coefficient (Wildman–Crippen LogP) is 3.20. The molecule has 0 bridgehead atoms. The molecule has 0 spiro atoms. The number of ether oxygens (including phenoxy) is 2. The van der Waals surface area contributed by atoms with Gasteiger partial charge in [0.1, 0.15) is 23.0 Å². The molecule has 7 heteroatoms. The minimum Gasteiger partial charge on any atom is -0.497 e. The Bertz CT molecular complexity index is 702. The maximum absolute atomic E-state index is 12.4. The van der Waals surface area contributed by atoms with Crippen LogP contribution in [0.3, 0.4) is 0 Å². The number of nitrogens with zero attached hydrogens (tertiary/aromatic N) is 2. The summed E-state index contributed by atoms with van der Waals surface area (Å²) in [6.45, 7) is 5.14. The molecule has 134 valence electrons. The minimum atomic E-state index is -0.368. The topological polar surface area (TPSA) is 85.4 Å². The Balaban J connectivity index is 2.03. The number of aromatic nitrogens is 2. The molecule has 0 aliphatic carbocycles. The van der Waals surface area contributed by atoms with Gasteiger partial charge in [0, 0.05) is 12.6 Å². The molecule has 25 heavy (non-hydrogen) atoms. The Kier molecular flexibility index (Phi) is 6.56. The van der Waals surface area contributed by atoms with E-state index >= 15 is 0 Å². The normalized spacial score (nSPS) is 10.4. The van der Waals surface area contributed by atoms with Gasteiger partial charge in [-0.2, -0.15) is 0 Å². The van der Waals surface area contributed by atoms with Crippen LogP contribution in [0.5, 0.6) is 11.5 Å². The number of carbonyl (C=O) groups excluding carboxylic acids is 1. The highest BCUT2D eigenvalue weighted by atomic mass is 16.5. The number of nitrogens with one attached hydrogen (secondary N) is 2. The molecular weight excluding hydrogens is 320 g/mol. The van der Waals surface area contributed by atoms with E-state index in [9.17, 15) is 4.79 Å². The number of carbonyl (C=O) groups is 1. The minimum absolute atomic E-state index is 0.222. The van der Waals surface area contributed by atoms with Crippen molar-refractivity contribution in [1.29, 1.82) is 0 Å². The third kappa shape index (κ3) is 5.34. The van der Waals surface area contributed by atoms with E-state index in [1.807, 2.05) is 0 Å². The van der Waals surface area contributed by atoms with Crippen LogP contribution in [0.2, 0.25) is 0 Å². The predicted molar refractivity (Wildman–Crippen MR) is 97.5 cm³/mol. The van der Waals surface area contributed by atoms with E-state index in [2.05, 4.69) is 34.4 Å². The van der Waals surface area contributed by atoms with E-state index in [0.717, 1.165) is 13.0 Å². The maximum Gasteiger partial charge on any atom is 0.275 e. The zero-order valence-corrected chi connectivity index (χ0v) is 15.0. The van der Waals surface area contributed by atoms with Crippen molar-refractivity contribution in [3.05, 3.63) is 36.3 Å². The molecule has 0 saturated carbocycles. The van der Waals surface area contributed by atoms with Gasteiger partial charge in [0.25, 0.3) is 5.91 Å². The summed E-state index contributed by atoms with van der Waals surface area (Å²) in [6.07, 6.45) is 4.04. The van der Waals surface area contributed by atoms with Gasteiger partial charge in [0.2, 0.25) is 0 Å². The van der Waals surface area contributed by atoms with Crippen LogP contribution in [0.1, 0.15) is 30.8 Å². The molecule has 2 rings (SSSR count). The van der Waals surface area contributed by atoms with Crippen LogP contribution >= 0.6 is 0 Å². The lowest BCUT2D eigenvalue weighted by molar-refractivity contribution is 0.102. The van der Waals surface area contributed by atoms with Gasteiger partial charge in [-0.3, -0.25) is 4.79 Å². The number of methoxy groups -OCH3 is 2. The quantitative estimate of drug-likeness (QED) is 0.765. The fourth-order valence-corrected chi connectivity index (χ4v) is 2.12. The lowest BCUT2D eigenvalue weighted by Crippen LogP contribution is -2.15. The fraction of sp³-hybridized carbons (Fsp3) is 0.389. The molecular formula is C18H24N4O3. The smallest absolute Gasteiger partial charge is 0.275 e. The number of hydrogen-bond donors (Lipinski definition) is 2. The van der Waals surface area contributed by atoms with Crippen LogP contribution in [0.15, 0.2) is 30.6 Å². The van der Waals surface area contributed by atoms with Crippen molar-refractivity contribution in [3.8, 4) is 11.5 Å². The van der Waals surface area contributed by atoms with Crippen molar-refractivity contribution < 1.29 is 14.3 Å². The lowest BCUT2D eigenvalue weighted by Gasteiger charge is -2.11. The van der Waals surface area contributed by atoms with Crippen molar-refractivity contribution in [2.75, 3.05) is 31.4 Å². The Labute approximate surface area is 147 Å². The average Bonchev–Trinajstić information content (AvgIpc) is 2.61. The van der Waals surface area contributed by atoms with Crippen LogP contribution in [0.4, 0.5) is 11.5 Å². The molecule has 0 unspecified atom stereocenters. The van der Waals surface area contributed by atoms with Crippen LogP contribution < -0.4 is 20.1 Å². The first-order valence-electron chi connectivity index (χ1n) is 8.12. The zero-order chi connectivity index (χ0) is 18.2. The second kappa shape index (κ2) is 8.86. The highest BCUT2D eigenvalue weighted by Gasteiger charge is 2.12. The second-order valence-electron chi connectivity index (χ2n) is 5.92. The number of anilines is 2. The van der Waals surface area contributed by atoms with E-state index < -0.39 is 0 Å². The van der Waals surface area contributed by atoms with Crippen LogP contribution in [-0.2, 0) is 0 Å². The van der Waals surface area contributed by atoms with Crippen LogP contribution in [0.25, 0.3) is 0 Å². The Morgan fingerprint density at radius 3 is 2.56 bits per heavy atom. The summed E-state index contributed by atoms with van der Waals surface area (Å²) in [5.41, 5.74) is 0.729.